The molecule has 0 saturated carbocycles. The lowest BCUT2D eigenvalue weighted by molar-refractivity contribution is 0.0586. The fourth-order valence-corrected chi connectivity index (χ4v) is 3.92. The van der Waals surface area contributed by atoms with Gasteiger partial charge in [-0.3, -0.25) is 0 Å². The second-order valence-corrected chi connectivity index (χ2v) is 9.37. The molecule has 0 aliphatic rings. The summed E-state index contributed by atoms with van der Waals surface area (Å²) < 4.78 is 19.9. The summed E-state index contributed by atoms with van der Waals surface area (Å²) in [6, 6.07) is 18.0. The van der Waals surface area contributed by atoms with E-state index in [1.807, 2.05) is 62.4 Å². The van der Waals surface area contributed by atoms with Crippen molar-refractivity contribution in [1.29, 1.82) is 0 Å². The molecule has 44 heavy (non-hydrogen) atoms. The van der Waals surface area contributed by atoms with Gasteiger partial charge in [0.1, 0.15) is 0 Å². The van der Waals surface area contributed by atoms with Crippen molar-refractivity contribution in [2.24, 2.45) is 0 Å². The van der Waals surface area contributed by atoms with Gasteiger partial charge in [-0.25, -0.2) is 19.2 Å². The molecule has 3 aromatic carbocycles. The molecule has 3 aromatic rings. The minimum Gasteiger partial charge on any atom is -0.465 e. The van der Waals surface area contributed by atoms with Crippen molar-refractivity contribution in [2.45, 2.75) is 26.9 Å². The Balaban J connectivity index is 1.67. The van der Waals surface area contributed by atoms with Crippen LogP contribution in [0, 0.1) is 37.5 Å². The first-order valence-electron chi connectivity index (χ1n) is 13.4. The van der Waals surface area contributed by atoms with Gasteiger partial charge in [0.25, 0.3) is 0 Å². The van der Waals surface area contributed by atoms with E-state index < -0.39 is 24.1 Å². The Morgan fingerprint density at radius 1 is 0.636 bits per heavy atom. The van der Waals surface area contributed by atoms with Crippen LogP contribution in [0.1, 0.15) is 54.1 Å². The zero-order chi connectivity index (χ0) is 31.9. The molecule has 0 bridgehead atoms. The van der Waals surface area contributed by atoms with Crippen LogP contribution in [-0.2, 0) is 32.0 Å². The van der Waals surface area contributed by atoms with E-state index in [4.69, 9.17) is 18.9 Å². The van der Waals surface area contributed by atoms with Crippen LogP contribution >= 0.6 is 0 Å². The van der Waals surface area contributed by atoms with Gasteiger partial charge in [0.15, 0.2) is 13.2 Å². The van der Waals surface area contributed by atoms with Gasteiger partial charge >= 0.3 is 24.1 Å². The SMILES string of the molecule is COC(=O)c1cc(C#CCOC(=O)NCc2cccc(C)c2)c(C(=O)OC)cc1C#CCOC(=O)NCc1cccc(C)c1. The monoisotopic (exact) mass is 596 g/mol. The van der Waals surface area contributed by atoms with Crippen LogP contribution < -0.4 is 10.6 Å². The Morgan fingerprint density at radius 3 is 1.41 bits per heavy atom. The maximum atomic E-state index is 12.5. The number of carbonyl (C=O) groups is 4. The summed E-state index contributed by atoms with van der Waals surface area (Å²) in [6.07, 6.45) is -1.33. The lowest BCUT2D eigenvalue weighted by atomic mass is 9.98. The maximum Gasteiger partial charge on any atom is 0.408 e. The largest absolute Gasteiger partial charge is 0.465 e. The third kappa shape index (κ3) is 10.3. The van der Waals surface area contributed by atoms with Gasteiger partial charge in [-0.05, 0) is 37.1 Å². The fourth-order valence-electron chi connectivity index (χ4n) is 3.92. The molecule has 0 spiro atoms. The number of aryl methyl sites for hydroxylation is 2. The molecule has 2 amide bonds. The molecular formula is C34H32N2O8. The number of carbonyl (C=O) groups excluding carboxylic acids is 4. The van der Waals surface area contributed by atoms with Crippen LogP contribution in [0.15, 0.2) is 60.7 Å². The number of ether oxygens (including phenoxy) is 4. The van der Waals surface area contributed by atoms with E-state index in [0.29, 0.717) is 0 Å². The van der Waals surface area contributed by atoms with E-state index >= 15 is 0 Å². The van der Waals surface area contributed by atoms with E-state index in [9.17, 15) is 19.2 Å². The molecule has 2 N–H and O–H groups in total. The maximum absolute atomic E-state index is 12.5. The standard InChI is InChI=1S/C34H32N2O8/c1-23-9-5-11-25(17-23)21-35-33(39)43-15-7-13-27-19-30(32(38)42-4)28(20-29(27)31(37)41-3)14-8-16-44-34(40)36-22-26-12-6-10-24(2)18-26/h5-6,9-12,17-20H,15-16,21-22H2,1-4H3,(H,35,39)(H,36,40). The number of rotatable bonds is 8. The summed E-state index contributed by atoms with van der Waals surface area (Å²) in [5.41, 5.74) is 4.30. The first kappa shape index (κ1) is 32.8. The molecule has 0 radical (unpaired) electrons. The van der Waals surface area contributed by atoms with Gasteiger partial charge in [0.05, 0.1) is 25.3 Å². The quantitative estimate of drug-likeness (QED) is 0.222. The predicted molar refractivity (Wildman–Crippen MR) is 162 cm³/mol. The average Bonchev–Trinajstić information content (AvgIpc) is 3.02. The van der Waals surface area contributed by atoms with Gasteiger partial charge in [-0.1, -0.05) is 83.3 Å². The third-order valence-corrected chi connectivity index (χ3v) is 6.00. The third-order valence-electron chi connectivity index (χ3n) is 6.00. The van der Waals surface area contributed by atoms with E-state index in [1.54, 1.807) is 0 Å². The molecule has 0 saturated heterocycles. The highest BCUT2D eigenvalue weighted by atomic mass is 16.6. The molecule has 0 fully saturated rings. The first-order chi connectivity index (χ1) is 21.2. The van der Waals surface area contributed by atoms with Crippen molar-refractivity contribution >= 4 is 24.1 Å². The molecule has 10 nitrogen and oxygen atoms in total. The fraction of sp³-hybridized carbons (Fsp3) is 0.235. The number of alkyl carbamates (subject to hydrolysis) is 2. The normalized spacial score (nSPS) is 9.73. The highest BCUT2D eigenvalue weighted by molar-refractivity contribution is 5.98. The Labute approximate surface area is 256 Å². The van der Waals surface area contributed by atoms with Crippen molar-refractivity contribution in [1.82, 2.24) is 10.6 Å². The van der Waals surface area contributed by atoms with Gasteiger partial charge < -0.3 is 29.6 Å². The average molecular weight is 597 g/mol. The molecule has 226 valence electrons. The zero-order valence-corrected chi connectivity index (χ0v) is 24.9. The number of hydrogen-bond acceptors (Lipinski definition) is 8. The van der Waals surface area contributed by atoms with E-state index in [0.717, 1.165) is 22.3 Å². The van der Waals surface area contributed by atoms with Crippen LogP contribution in [0.3, 0.4) is 0 Å². The first-order valence-corrected chi connectivity index (χ1v) is 13.4. The molecule has 3 rings (SSSR count). The van der Waals surface area contributed by atoms with Crippen LogP contribution in [0.5, 0.6) is 0 Å². The highest BCUT2D eigenvalue weighted by Crippen LogP contribution is 2.19. The molecule has 0 atom stereocenters. The zero-order valence-electron chi connectivity index (χ0n) is 24.9. The van der Waals surface area contributed by atoms with E-state index in [2.05, 4.69) is 34.3 Å². The summed E-state index contributed by atoms with van der Waals surface area (Å²) in [6.45, 7) is 3.92. The van der Waals surface area contributed by atoms with Gasteiger partial charge in [0, 0.05) is 24.2 Å². The molecule has 0 unspecified atom stereocenters. The molecule has 0 aromatic heterocycles. The topological polar surface area (TPSA) is 129 Å². The Hall–Kier alpha value is -5.74. The van der Waals surface area contributed by atoms with Crippen molar-refractivity contribution in [2.75, 3.05) is 27.4 Å². The molecule has 10 heteroatoms. The van der Waals surface area contributed by atoms with Crippen molar-refractivity contribution in [3.8, 4) is 23.7 Å². The van der Waals surface area contributed by atoms with E-state index in [-0.39, 0.29) is 48.6 Å². The van der Waals surface area contributed by atoms with Crippen molar-refractivity contribution in [3.05, 3.63) is 105 Å². The number of esters is 2. The minimum absolute atomic E-state index is 0.0256. The summed E-state index contributed by atoms with van der Waals surface area (Å²) in [4.78, 5) is 49.2. The van der Waals surface area contributed by atoms with Crippen LogP contribution in [-0.4, -0.2) is 51.6 Å². The molecular weight excluding hydrogens is 564 g/mol. The minimum atomic E-state index is -0.725. The molecule has 0 aliphatic heterocycles. The summed E-state index contributed by atoms with van der Waals surface area (Å²) in [5, 5.41) is 5.27. The molecule has 0 heterocycles. The number of nitrogens with one attached hydrogen (secondary N) is 2. The smallest absolute Gasteiger partial charge is 0.408 e. The van der Waals surface area contributed by atoms with E-state index in [1.165, 1.54) is 26.4 Å². The predicted octanol–water partition coefficient (Wildman–Crippen LogP) is 4.43. The van der Waals surface area contributed by atoms with Gasteiger partial charge in [0.2, 0.25) is 0 Å². The van der Waals surface area contributed by atoms with Crippen LogP contribution in [0.4, 0.5) is 9.59 Å². The lowest BCUT2D eigenvalue weighted by Gasteiger charge is -2.09. The van der Waals surface area contributed by atoms with Crippen molar-refractivity contribution in [3.63, 3.8) is 0 Å². The van der Waals surface area contributed by atoms with Gasteiger partial charge in [-0.2, -0.15) is 0 Å². The Kier molecular flexibility index (Phi) is 12.4. The Morgan fingerprint density at radius 2 is 1.05 bits per heavy atom. The lowest BCUT2D eigenvalue weighted by Crippen LogP contribution is -2.23. The highest BCUT2D eigenvalue weighted by Gasteiger charge is 2.19. The number of methoxy groups -OCH3 is 2. The molecule has 0 aliphatic carbocycles. The van der Waals surface area contributed by atoms with Crippen molar-refractivity contribution < 1.29 is 38.1 Å². The number of benzene rings is 3. The summed E-state index contributed by atoms with van der Waals surface area (Å²) in [5.74, 6) is 9.34. The summed E-state index contributed by atoms with van der Waals surface area (Å²) in [7, 11) is 2.40. The summed E-state index contributed by atoms with van der Waals surface area (Å²) >= 11 is 0. The van der Waals surface area contributed by atoms with Crippen LogP contribution in [0.2, 0.25) is 0 Å². The Bertz CT molecular complexity index is 1530. The number of hydrogen-bond donors (Lipinski definition) is 2. The van der Waals surface area contributed by atoms with Crippen LogP contribution in [0.25, 0.3) is 0 Å². The second-order valence-electron chi connectivity index (χ2n) is 9.37. The number of amides is 2. The second kappa shape index (κ2) is 16.6. The van der Waals surface area contributed by atoms with Gasteiger partial charge in [-0.15, -0.1) is 0 Å².